The third-order valence-corrected chi connectivity index (χ3v) is 7.95. The van der Waals surface area contributed by atoms with Crippen molar-refractivity contribution >= 4 is 33.1 Å². The maximum absolute atomic E-state index is 13.6. The average Bonchev–Trinajstić information content (AvgIpc) is 3.69. The molecule has 0 aliphatic carbocycles. The van der Waals surface area contributed by atoms with Crippen molar-refractivity contribution in [3.05, 3.63) is 84.0 Å². The van der Waals surface area contributed by atoms with Crippen molar-refractivity contribution in [1.82, 2.24) is 25.1 Å². The summed E-state index contributed by atoms with van der Waals surface area (Å²) in [5.41, 5.74) is 7.91. The predicted molar refractivity (Wildman–Crippen MR) is 145 cm³/mol. The minimum absolute atomic E-state index is 0.0807. The fourth-order valence-electron chi connectivity index (χ4n) is 5.26. The molecule has 0 saturated carbocycles. The number of alkyl halides is 2. The highest BCUT2D eigenvalue weighted by atomic mass is 32.1. The second-order valence-corrected chi connectivity index (χ2v) is 10.6. The van der Waals surface area contributed by atoms with Crippen molar-refractivity contribution in [3.63, 3.8) is 0 Å². The van der Waals surface area contributed by atoms with Crippen molar-refractivity contribution in [2.75, 3.05) is 13.1 Å². The molecule has 7 rings (SSSR count). The Bertz CT molecular complexity index is 1730. The van der Waals surface area contributed by atoms with Crippen molar-refractivity contribution < 1.29 is 8.78 Å². The Morgan fingerprint density at radius 1 is 0.946 bits per heavy atom. The van der Waals surface area contributed by atoms with Crippen LogP contribution in [0.2, 0.25) is 0 Å². The Balaban J connectivity index is 1.24. The largest absolute Gasteiger partial charge is 0.353 e. The van der Waals surface area contributed by atoms with Gasteiger partial charge in [0.1, 0.15) is 5.69 Å². The molecular formula is C29H23F2N5S. The first kappa shape index (κ1) is 22.3. The Morgan fingerprint density at radius 3 is 2.73 bits per heavy atom. The molecule has 8 heteroatoms. The number of nitrogens with one attached hydrogen (secondary N) is 2. The van der Waals surface area contributed by atoms with Crippen LogP contribution in [0.4, 0.5) is 8.78 Å². The van der Waals surface area contributed by atoms with Crippen LogP contribution in [0.1, 0.15) is 12.0 Å². The first-order valence-electron chi connectivity index (χ1n) is 12.2. The van der Waals surface area contributed by atoms with E-state index in [1.54, 1.807) is 22.4 Å². The molecule has 1 aliphatic rings. The Labute approximate surface area is 215 Å². The second-order valence-electron chi connectivity index (χ2n) is 9.66. The van der Waals surface area contributed by atoms with Gasteiger partial charge in [-0.05, 0) is 52.9 Å². The van der Waals surface area contributed by atoms with E-state index in [0.29, 0.717) is 13.1 Å². The average molecular weight is 512 g/mol. The van der Waals surface area contributed by atoms with Gasteiger partial charge < -0.3 is 4.98 Å². The van der Waals surface area contributed by atoms with Gasteiger partial charge in [-0.2, -0.15) is 5.10 Å². The van der Waals surface area contributed by atoms with Gasteiger partial charge >= 0.3 is 0 Å². The summed E-state index contributed by atoms with van der Waals surface area (Å²) in [7, 11) is 0. The maximum atomic E-state index is 13.6. The number of aromatic amines is 2. The van der Waals surface area contributed by atoms with Gasteiger partial charge in [-0.1, -0.05) is 24.3 Å². The molecule has 6 aromatic rings. The van der Waals surface area contributed by atoms with E-state index in [9.17, 15) is 8.78 Å². The number of benzene rings is 2. The standard InChI is InChI=1S/C29H23F2N5S/c30-29(31)8-9-36(17-29)16-18-11-20(15-32-14-18)19-6-7-25-23(12-19)28(35-34-25)26-13-22-21(27-5-2-10-37-27)3-1-4-24(22)33-26/h1-7,10-15,33H,8-9,16-17H2,(H,34,35). The van der Waals surface area contributed by atoms with Crippen LogP contribution in [0.15, 0.2) is 78.4 Å². The molecule has 0 unspecified atom stereocenters. The molecule has 5 nitrogen and oxygen atoms in total. The zero-order chi connectivity index (χ0) is 25.0. The van der Waals surface area contributed by atoms with Gasteiger partial charge in [-0.15, -0.1) is 11.3 Å². The number of H-pyrrole nitrogens is 2. The van der Waals surface area contributed by atoms with Crippen LogP contribution in [0.3, 0.4) is 0 Å². The summed E-state index contributed by atoms with van der Waals surface area (Å²) in [6.45, 7) is 0.678. The van der Waals surface area contributed by atoms with E-state index in [2.05, 4.69) is 68.0 Å². The highest BCUT2D eigenvalue weighted by Crippen LogP contribution is 2.36. The zero-order valence-corrected chi connectivity index (χ0v) is 20.7. The zero-order valence-electron chi connectivity index (χ0n) is 19.8. The lowest BCUT2D eigenvalue weighted by Gasteiger charge is -2.15. The third-order valence-electron chi connectivity index (χ3n) is 7.05. The highest BCUT2D eigenvalue weighted by molar-refractivity contribution is 7.13. The Hall–Kier alpha value is -3.88. The van der Waals surface area contributed by atoms with Crippen molar-refractivity contribution in [3.8, 4) is 33.0 Å². The topological polar surface area (TPSA) is 60.6 Å². The summed E-state index contributed by atoms with van der Waals surface area (Å²) in [5, 5.41) is 12.1. The molecule has 1 aliphatic heterocycles. The number of likely N-dealkylation sites (tertiary alicyclic amines) is 1. The highest BCUT2D eigenvalue weighted by Gasteiger charge is 2.37. The number of rotatable bonds is 5. The van der Waals surface area contributed by atoms with Crippen LogP contribution in [0.25, 0.3) is 54.8 Å². The molecule has 0 amide bonds. The predicted octanol–water partition coefficient (Wildman–Crippen LogP) is 7.34. The lowest BCUT2D eigenvalue weighted by Crippen LogP contribution is -2.24. The summed E-state index contributed by atoms with van der Waals surface area (Å²) in [4.78, 5) is 11.0. The maximum Gasteiger partial charge on any atom is 0.261 e. The number of hydrogen-bond acceptors (Lipinski definition) is 4. The number of hydrogen-bond donors (Lipinski definition) is 2. The monoisotopic (exact) mass is 511 g/mol. The summed E-state index contributed by atoms with van der Waals surface area (Å²) < 4.78 is 27.3. The first-order chi connectivity index (χ1) is 18.0. The lowest BCUT2D eigenvalue weighted by molar-refractivity contribution is 0.0115. The number of pyridine rings is 1. The molecule has 2 N–H and O–H groups in total. The molecule has 0 radical (unpaired) electrons. The van der Waals surface area contributed by atoms with Crippen LogP contribution in [-0.4, -0.2) is 44.1 Å². The van der Waals surface area contributed by atoms with Gasteiger partial charge in [-0.25, -0.2) is 8.78 Å². The molecule has 5 heterocycles. The fourth-order valence-corrected chi connectivity index (χ4v) is 6.03. The number of nitrogens with zero attached hydrogens (tertiary/aromatic N) is 3. The van der Waals surface area contributed by atoms with Crippen LogP contribution in [0.5, 0.6) is 0 Å². The van der Waals surface area contributed by atoms with Gasteiger partial charge in [0.2, 0.25) is 0 Å². The van der Waals surface area contributed by atoms with Gasteiger partial charge in [0.25, 0.3) is 5.92 Å². The normalized spacial score (nSPS) is 15.7. The molecular weight excluding hydrogens is 488 g/mol. The number of halogens is 2. The van der Waals surface area contributed by atoms with Crippen LogP contribution in [0, 0.1) is 0 Å². The molecule has 37 heavy (non-hydrogen) atoms. The van der Waals surface area contributed by atoms with E-state index in [1.165, 1.54) is 10.4 Å². The fraction of sp³-hybridized carbons (Fsp3) is 0.172. The van der Waals surface area contributed by atoms with Gasteiger partial charge in [-0.3, -0.25) is 15.0 Å². The quantitative estimate of drug-likeness (QED) is 0.255. The van der Waals surface area contributed by atoms with E-state index in [0.717, 1.165) is 49.9 Å². The van der Waals surface area contributed by atoms with Crippen molar-refractivity contribution in [1.29, 1.82) is 0 Å². The second kappa shape index (κ2) is 8.61. The van der Waals surface area contributed by atoms with Crippen molar-refractivity contribution in [2.45, 2.75) is 18.9 Å². The molecule has 0 bridgehead atoms. The van der Waals surface area contributed by atoms with E-state index >= 15 is 0 Å². The summed E-state index contributed by atoms with van der Waals surface area (Å²) in [6.07, 6.45) is 3.50. The molecule has 2 aromatic carbocycles. The molecule has 1 fully saturated rings. The third kappa shape index (κ3) is 4.12. The smallest absolute Gasteiger partial charge is 0.261 e. The van der Waals surface area contributed by atoms with E-state index in [4.69, 9.17) is 0 Å². The first-order valence-corrected chi connectivity index (χ1v) is 13.1. The van der Waals surface area contributed by atoms with Crippen molar-refractivity contribution in [2.24, 2.45) is 0 Å². The summed E-state index contributed by atoms with van der Waals surface area (Å²) >= 11 is 1.73. The number of thiophene rings is 1. The van der Waals surface area contributed by atoms with Crippen LogP contribution < -0.4 is 0 Å². The minimum Gasteiger partial charge on any atom is -0.353 e. The molecule has 0 spiro atoms. The summed E-state index contributed by atoms with van der Waals surface area (Å²) in [6, 6.07) is 20.9. The van der Waals surface area contributed by atoms with Crippen LogP contribution >= 0.6 is 11.3 Å². The van der Waals surface area contributed by atoms with Gasteiger partial charge in [0, 0.05) is 64.2 Å². The molecule has 184 valence electrons. The lowest BCUT2D eigenvalue weighted by atomic mass is 10.0. The molecule has 1 saturated heterocycles. The SMILES string of the molecule is FC1(F)CCN(Cc2cncc(-c3ccc4[nH]nc(-c5cc6c(-c7cccs7)cccc6[nH]5)c4c3)c2)C1. The molecule has 4 aromatic heterocycles. The van der Waals surface area contributed by atoms with E-state index in [1.807, 2.05) is 24.4 Å². The van der Waals surface area contributed by atoms with Gasteiger partial charge in [0.15, 0.2) is 0 Å². The summed E-state index contributed by atoms with van der Waals surface area (Å²) in [5.74, 6) is -2.60. The molecule has 0 atom stereocenters. The Kier molecular flexibility index (Phi) is 5.19. The minimum atomic E-state index is -2.60. The van der Waals surface area contributed by atoms with E-state index < -0.39 is 5.92 Å². The Morgan fingerprint density at radius 2 is 1.89 bits per heavy atom. The van der Waals surface area contributed by atoms with Crippen LogP contribution in [-0.2, 0) is 6.54 Å². The van der Waals surface area contributed by atoms with E-state index in [-0.39, 0.29) is 13.0 Å². The van der Waals surface area contributed by atoms with Gasteiger partial charge in [0.05, 0.1) is 17.8 Å². The number of fused-ring (bicyclic) bond motifs is 2. The number of aromatic nitrogens is 4.